The van der Waals surface area contributed by atoms with Gasteiger partial charge in [0.25, 0.3) is 0 Å². The van der Waals surface area contributed by atoms with Gasteiger partial charge in [0, 0.05) is 18.7 Å². The van der Waals surface area contributed by atoms with Crippen molar-refractivity contribution in [3.05, 3.63) is 24.3 Å². The van der Waals surface area contributed by atoms with Crippen molar-refractivity contribution < 1.29 is 13.2 Å². The summed E-state index contributed by atoms with van der Waals surface area (Å²) in [6.45, 7) is 2.47. The van der Waals surface area contributed by atoms with Crippen LogP contribution in [0.2, 0.25) is 0 Å². The molecule has 6 heteroatoms. The van der Waals surface area contributed by atoms with Crippen molar-refractivity contribution in [3.63, 3.8) is 0 Å². The molecule has 0 aromatic heterocycles. The van der Waals surface area contributed by atoms with Gasteiger partial charge in [-0.15, -0.1) is 0 Å². The third-order valence-electron chi connectivity index (χ3n) is 2.62. The fourth-order valence-electron chi connectivity index (χ4n) is 1.66. The summed E-state index contributed by atoms with van der Waals surface area (Å²) in [5.74, 6) is -0.152. The monoisotopic (exact) mass is 284 g/mol. The molecule has 0 fully saturated rings. The maximum absolute atomic E-state index is 11.8. The van der Waals surface area contributed by atoms with Crippen LogP contribution in [-0.4, -0.2) is 26.6 Å². The Labute approximate surface area is 114 Å². The molecule has 0 aliphatic carbocycles. The molecule has 0 aliphatic heterocycles. The first-order chi connectivity index (χ1) is 8.95. The molecule has 3 N–H and O–H groups in total. The molecular weight excluding hydrogens is 264 g/mol. The number of amides is 1. The van der Waals surface area contributed by atoms with Crippen LogP contribution in [0.3, 0.4) is 0 Å². The van der Waals surface area contributed by atoms with Crippen molar-refractivity contribution in [3.8, 4) is 0 Å². The first-order valence-corrected chi connectivity index (χ1v) is 7.96. The van der Waals surface area contributed by atoms with Crippen molar-refractivity contribution in [2.24, 2.45) is 5.73 Å². The Bertz CT molecular complexity index is 509. The summed E-state index contributed by atoms with van der Waals surface area (Å²) in [7, 11) is -3.15. The third kappa shape index (κ3) is 5.30. The van der Waals surface area contributed by atoms with E-state index in [9.17, 15) is 13.2 Å². The molecule has 0 spiro atoms. The molecule has 0 radical (unpaired) electrons. The highest BCUT2D eigenvalue weighted by Crippen LogP contribution is 2.16. The molecule has 0 unspecified atom stereocenters. The smallest absolute Gasteiger partial charge is 0.217 e. The van der Waals surface area contributed by atoms with Crippen LogP contribution < -0.4 is 11.1 Å². The molecule has 1 rings (SSSR count). The maximum atomic E-state index is 11.8. The lowest BCUT2D eigenvalue weighted by Gasteiger charge is -2.07. The molecule has 0 saturated heterocycles. The van der Waals surface area contributed by atoms with Gasteiger partial charge < -0.3 is 11.1 Å². The zero-order valence-electron chi connectivity index (χ0n) is 11.1. The van der Waals surface area contributed by atoms with Gasteiger partial charge in [-0.1, -0.05) is 6.92 Å². The van der Waals surface area contributed by atoms with Gasteiger partial charge in [-0.3, -0.25) is 4.79 Å². The number of primary amides is 1. The Balaban J connectivity index is 2.55. The number of anilines is 1. The number of hydrogen-bond acceptors (Lipinski definition) is 4. The highest BCUT2D eigenvalue weighted by molar-refractivity contribution is 7.91. The van der Waals surface area contributed by atoms with E-state index in [1.807, 2.05) is 6.92 Å². The van der Waals surface area contributed by atoms with Crippen LogP contribution in [-0.2, 0) is 14.6 Å². The van der Waals surface area contributed by atoms with Crippen molar-refractivity contribution in [1.29, 1.82) is 0 Å². The van der Waals surface area contributed by atoms with Crippen LogP contribution in [0.1, 0.15) is 26.2 Å². The number of sulfone groups is 1. The summed E-state index contributed by atoms with van der Waals surface area (Å²) in [5, 5.41) is 3.11. The molecule has 1 amide bonds. The second-order valence-electron chi connectivity index (χ2n) is 4.34. The third-order valence-corrected chi connectivity index (χ3v) is 4.55. The van der Waals surface area contributed by atoms with E-state index in [2.05, 4.69) is 5.32 Å². The van der Waals surface area contributed by atoms with Crippen molar-refractivity contribution >= 4 is 21.4 Å². The van der Waals surface area contributed by atoms with E-state index in [1.165, 1.54) is 0 Å². The van der Waals surface area contributed by atoms with Crippen LogP contribution in [0.15, 0.2) is 29.2 Å². The number of nitrogens with one attached hydrogen (secondary N) is 1. The second-order valence-corrected chi connectivity index (χ2v) is 6.45. The minimum atomic E-state index is -3.15. The summed E-state index contributed by atoms with van der Waals surface area (Å²) < 4.78 is 23.6. The quantitative estimate of drug-likeness (QED) is 0.709. The van der Waals surface area contributed by atoms with E-state index >= 15 is 0 Å². The number of rotatable bonds is 8. The fourth-order valence-corrected chi connectivity index (χ4v) is 2.99. The van der Waals surface area contributed by atoms with Gasteiger partial charge >= 0.3 is 0 Å². The predicted octanol–water partition coefficient (Wildman–Crippen LogP) is 1.55. The van der Waals surface area contributed by atoms with E-state index in [-0.39, 0.29) is 11.7 Å². The fraction of sp³-hybridized carbons (Fsp3) is 0.462. The largest absolute Gasteiger partial charge is 0.385 e. The first-order valence-electron chi connectivity index (χ1n) is 6.30. The molecule has 106 valence electrons. The Morgan fingerprint density at radius 2 is 1.89 bits per heavy atom. The van der Waals surface area contributed by atoms with E-state index < -0.39 is 9.84 Å². The number of carbonyl (C=O) groups excluding carboxylic acids is 1. The van der Waals surface area contributed by atoms with Crippen molar-refractivity contribution in [2.75, 3.05) is 17.6 Å². The van der Waals surface area contributed by atoms with Gasteiger partial charge in [0.05, 0.1) is 10.6 Å². The molecule has 5 nitrogen and oxygen atoms in total. The Hall–Kier alpha value is -1.56. The van der Waals surface area contributed by atoms with Crippen molar-refractivity contribution in [1.82, 2.24) is 0 Å². The maximum Gasteiger partial charge on any atom is 0.217 e. The molecule has 19 heavy (non-hydrogen) atoms. The normalized spacial score (nSPS) is 11.2. The zero-order chi connectivity index (χ0) is 14.3. The molecule has 1 aromatic rings. The molecule has 0 heterocycles. The van der Waals surface area contributed by atoms with E-state index in [0.717, 1.165) is 5.69 Å². The van der Waals surface area contributed by atoms with Gasteiger partial charge in [-0.2, -0.15) is 0 Å². The highest BCUT2D eigenvalue weighted by Gasteiger charge is 2.12. The molecule has 0 bridgehead atoms. The number of hydrogen-bond donors (Lipinski definition) is 2. The summed E-state index contributed by atoms with van der Waals surface area (Å²) in [4.78, 5) is 10.9. The second kappa shape index (κ2) is 7.13. The van der Waals surface area contributed by atoms with Crippen LogP contribution in [0, 0.1) is 0 Å². The first kappa shape index (κ1) is 15.5. The minimum Gasteiger partial charge on any atom is -0.385 e. The van der Waals surface area contributed by atoms with Crippen LogP contribution >= 0.6 is 0 Å². The van der Waals surface area contributed by atoms with Gasteiger partial charge in [0.15, 0.2) is 9.84 Å². The molecule has 0 saturated carbocycles. The van der Waals surface area contributed by atoms with Gasteiger partial charge in [0.1, 0.15) is 0 Å². The lowest BCUT2D eigenvalue weighted by molar-refractivity contribution is -0.118. The Morgan fingerprint density at radius 3 is 2.42 bits per heavy atom. The van der Waals surface area contributed by atoms with E-state index in [0.29, 0.717) is 30.7 Å². The van der Waals surface area contributed by atoms with Gasteiger partial charge in [0.2, 0.25) is 5.91 Å². The Kier molecular flexibility index (Phi) is 5.82. The summed E-state index contributed by atoms with van der Waals surface area (Å²) in [5.41, 5.74) is 5.87. The summed E-state index contributed by atoms with van der Waals surface area (Å²) in [6.07, 6.45) is 1.61. The summed E-state index contributed by atoms with van der Waals surface area (Å²) >= 11 is 0. The molecule has 0 atom stereocenters. The Morgan fingerprint density at radius 1 is 1.26 bits per heavy atom. The number of nitrogens with two attached hydrogens (primary N) is 1. The molecular formula is C13H20N2O3S. The average molecular weight is 284 g/mol. The van der Waals surface area contributed by atoms with E-state index in [4.69, 9.17) is 5.73 Å². The standard InChI is InChI=1S/C13H20N2O3S/c1-2-10-19(17,18)12-7-5-11(6-8-12)15-9-3-4-13(14)16/h5-8,15H,2-4,9-10H2,1H3,(H2,14,16). The summed E-state index contributed by atoms with van der Waals surface area (Å²) in [6, 6.07) is 6.66. The van der Waals surface area contributed by atoms with Crippen LogP contribution in [0.25, 0.3) is 0 Å². The van der Waals surface area contributed by atoms with Gasteiger partial charge in [-0.05, 0) is 37.1 Å². The van der Waals surface area contributed by atoms with Crippen molar-refractivity contribution in [2.45, 2.75) is 31.1 Å². The molecule has 1 aromatic carbocycles. The predicted molar refractivity (Wildman–Crippen MR) is 75.7 cm³/mol. The van der Waals surface area contributed by atoms with Crippen LogP contribution in [0.4, 0.5) is 5.69 Å². The van der Waals surface area contributed by atoms with Gasteiger partial charge in [-0.25, -0.2) is 8.42 Å². The number of carbonyl (C=O) groups is 1. The molecule has 0 aliphatic rings. The SMILES string of the molecule is CCCS(=O)(=O)c1ccc(NCCCC(N)=O)cc1. The average Bonchev–Trinajstić information content (AvgIpc) is 2.35. The topological polar surface area (TPSA) is 89.3 Å². The zero-order valence-corrected chi connectivity index (χ0v) is 11.9. The number of benzene rings is 1. The van der Waals surface area contributed by atoms with E-state index in [1.54, 1.807) is 24.3 Å². The lowest BCUT2D eigenvalue weighted by atomic mass is 10.2. The minimum absolute atomic E-state index is 0.165. The highest BCUT2D eigenvalue weighted by atomic mass is 32.2. The lowest BCUT2D eigenvalue weighted by Crippen LogP contribution is -2.12. The van der Waals surface area contributed by atoms with Crippen LogP contribution in [0.5, 0.6) is 0 Å².